The van der Waals surface area contributed by atoms with Gasteiger partial charge in [-0.3, -0.25) is 4.90 Å². The van der Waals surface area contributed by atoms with E-state index >= 15 is 0 Å². The number of rotatable bonds is 5. The fourth-order valence-corrected chi connectivity index (χ4v) is 2.36. The van der Waals surface area contributed by atoms with Crippen LogP contribution in [0.4, 0.5) is 5.69 Å². The smallest absolute Gasteiger partial charge is 0.104 e. The van der Waals surface area contributed by atoms with Crippen molar-refractivity contribution in [3.05, 3.63) is 28.8 Å². The molecule has 1 fully saturated rings. The van der Waals surface area contributed by atoms with Gasteiger partial charge in [0.15, 0.2) is 0 Å². The Morgan fingerprint density at radius 1 is 1.42 bits per heavy atom. The number of benzene rings is 1. The Morgan fingerprint density at radius 2 is 2.16 bits per heavy atom. The van der Waals surface area contributed by atoms with Gasteiger partial charge in [-0.25, -0.2) is 0 Å². The maximum atomic E-state index is 6.18. The van der Waals surface area contributed by atoms with Crippen molar-refractivity contribution in [1.82, 2.24) is 4.90 Å². The topological polar surface area (TPSA) is 50.5 Å². The number of halogens is 1. The summed E-state index contributed by atoms with van der Waals surface area (Å²) in [5, 5.41) is 3.97. The summed E-state index contributed by atoms with van der Waals surface area (Å²) in [5.41, 5.74) is 7.27. The quantitative estimate of drug-likeness (QED) is 0.811. The summed E-state index contributed by atoms with van der Waals surface area (Å²) in [6.07, 6.45) is 0. The Labute approximate surface area is 123 Å². The van der Waals surface area contributed by atoms with Gasteiger partial charge in [-0.05, 0) is 18.2 Å². The summed E-state index contributed by atoms with van der Waals surface area (Å²) in [7, 11) is 0. The number of morpholine rings is 1. The van der Waals surface area contributed by atoms with E-state index in [1.807, 2.05) is 12.1 Å². The molecule has 0 amide bonds. The third-order valence-corrected chi connectivity index (χ3v) is 3.65. The number of hydrogen-bond donors (Lipinski definition) is 2. The maximum Gasteiger partial charge on any atom is 0.104 e. The second-order valence-electron chi connectivity index (χ2n) is 4.44. The molecule has 2 rings (SSSR count). The number of nitrogens with zero attached hydrogens (tertiary/aromatic N) is 1. The van der Waals surface area contributed by atoms with Crippen LogP contribution in [0.5, 0.6) is 0 Å². The molecule has 4 nitrogen and oxygen atoms in total. The monoisotopic (exact) mass is 299 g/mol. The van der Waals surface area contributed by atoms with Gasteiger partial charge < -0.3 is 15.8 Å². The molecule has 0 bridgehead atoms. The van der Waals surface area contributed by atoms with Gasteiger partial charge in [0, 0.05) is 31.7 Å². The van der Waals surface area contributed by atoms with E-state index in [-0.39, 0.29) is 0 Å². The first-order valence-corrected chi connectivity index (χ1v) is 7.09. The zero-order valence-corrected chi connectivity index (χ0v) is 12.3. The fraction of sp³-hybridized carbons (Fsp3) is 0.462. The molecule has 0 aliphatic carbocycles. The molecule has 0 atom stereocenters. The Kier molecular flexibility index (Phi) is 5.39. The lowest BCUT2D eigenvalue weighted by molar-refractivity contribution is 0.0398. The summed E-state index contributed by atoms with van der Waals surface area (Å²) in [6, 6.07) is 5.59. The Morgan fingerprint density at radius 3 is 2.79 bits per heavy atom. The summed E-state index contributed by atoms with van der Waals surface area (Å²) in [4.78, 5) is 2.73. The van der Waals surface area contributed by atoms with Crippen molar-refractivity contribution in [3.63, 3.8) is 0 Å². The molecule has 1 aromatic rings. The molecule has 3 N–H and O–H groups in total. The number of thiocarbonyl (C=S) groups is 1. The zero-order chi connectivity index (χ0) is 13.7. The van der Waals surface area contributed by atoms with E-state index in [0.29, 0.717) is 10.0 Å². The maximum absolute atomic E-state index is 6.18. The molecule has 6 heteroatoms. The number of nitrogens with one attached hydrogen (secondary N) is 1. The third-order valence-electron chi connectivity index (χ3n) is 3.10. The van der Waals surface area contributed by atoms with E-state index in [1.54, 1.807) is 6.07 Å². The minimum atomic E-state index is 0.363. The van der Waals surface area contributed by atoms with Crippen molar-refractivity contribution in [2.75, 3.05) is 44.7 Å². The van der Waals surface area contributed by atoms with Gasteiger partial charge in [-0.15, -0.1) is 0 Å². The lowest BCUT2D eigenvalue weighted by Crippen LogP contribution is -2.39. The lowest BCUT2D eigenvalue weighted by atomic mass is 10.2. The largest absolute Gasteiger partial charge is 0.389 e. The molecule has 0 unspecified atom stereocenters. The fourth-order valence-electron chi connectivity index (χ4n) is 1.99. The van der Waals surface area contributed by atoms with Crippen LogP contribution in [0.25, 0.3) is 0 Å². The minimum absolute atomic E-state index is 0.363. The molecule has 1 saturated heterocycles. The number of nitrogens with two attached hydrogens (primary N) is 1. The Balaban J connectivity index is 1.83. The van der Waals surface area contributed by atoms with Crippen LogP contribution in [-0.2, 0) is 4.74 Å². The highest BCUT2D eigenvalue weighted by molar-refractivity contribution is 7.80. The van der Waals surface area contributed by atoms with Gasteiger partial charge in [0.05, 0.1) is 23.9 Å². The molecular formula is C13H18ClN3OS. The highest BCUT2D eigenvalue weighted by Crippen LogP contribution is 2.22. The first-order valence-electron chi connectivity index (χ1n) is 6.30. The summed E-state index contributed by atoms with van der Waals surface area (Å²) in [6.45, 7) is 5.47. The number of ether oxygens (including phenoxy) is 1. The molecule has 19 heavy (non-hydrogen) atoms. The van der Waals surface area contributed by atoms with Gasteiger partial charge in [0.2, 0.25) is 0 Å². The highest BCUT2D eigenvalue weighted by atomic mass is 35.5. The molecule has 104 valence electrons. The van der Waals surface area contributed by atoms with Gasteiger partial charge in [-0.1, -0.05) is 23.8 Å². The molecule has 1 aliphatic rings. The van der Waals surface area contributed by atoms with Crippen molar-refractivity contribution in [3.8, 4) is 0 Å². The van der Waals surface area contributed by atoms with Gasteiger partial charge >= 0.3 is 0 Å². The summed E-state index contributed by atoms with van der Waals surface area (Å²) in [5.74, 6) is 0. The van der Waals surface area contributed by atoms with E-state index in [4.69, 9.17) is 34.3 Å². The predicted molar refractivity (Wildman–Crippen MR) is 83.1 cm³/mol. The Bertz CT molecular complexity index is 450. The Hall–Kier alpha value is -0.880. The van der Waals surface area contributed by atoms with Crippen LogP contribution >= 0.6 is 23.8 Å². The second-order valence-corrected chi connectivity index (χ2v) is 5.29. The van der Waals surface area contributed by atoms with Crippen LogP contribution in [0.2, 0.25) is 5.02 Å². The average Bonchev–Trinajstić information content (AvgIpc) is 2.41. The van der Waals surface area contributed by atoms with E-state index in [0.717, 1.165) is 50.6 Å². The summed E-state index contributed by atoms with van der Waals surface area (Å²) < 4.78 is 5.31. The SMILES string of the molecule is NC(=S)c1ccc(NCCN2CCOCC2)c(Cl)c1. The lowest BCUT2D eigenvalue weighted by Gasteiger charge is -2.26. The molecular weight excluding hydrogens is 282 g/mol. The number of anilines is 1. The molecule has 0 aromatic heterocycles. The molecule has 1 aliphatic heterocycles. The minimum Gasteiger partial charge on any atom is -0.389 e. The van der Waals surface area contributed by atoms with Crippen molar-refractivity contribution < 1.29 is 4.74 Å². The van der Waals surface area contributed by atoms with Crippen molar-refractivity contribution in [1.29, 1.82) is 0 Å². The number of hydrogen-bond acceptors (Lipinski definition) is 4. The average molecular weight is 300 g/mol. The van der Waals surface area contributed by atoms with Crippen LogP contribution in [0, 0.1) is 0 Å². The normalized spacial score (nSPS) is 16.3. The predicted octanol–water partition coefficient (Wildman–Crippen LogP) is 1.72. The van der Waals surface area contributed by atoms with E-state index in [9.17, 15) is 0 Å². The highest BCUT2D eigenvalue weighted by Gasteiger charge is 2.09. The van der Waals surface area contributed by atoms with Crippen molar-refractivity contribution in [2.45, 2.75) is 0 Å². The van der Waals surface area contributed by atoms with Gasteiger partial charge in [-0.2, -0.15) is 0 Å². The van der Waals surface area contributed by atoms with Crippen molar-refractivity contribution >= 4 is 34.5 Å². The molecule has 1 aromatic carbocycles. The van der Waals surface area contributed by atoms with Crippen molar-refractivity contribution in [2.24, 2.45) is 5.73 Å². The van der Waals surface area contributed by atoms with Crippen LogP contribution < -0.4 is 11.1 Å². The standard InChI is InChI=1S/C13H18ClN3OS/c14-11-9-10(13(15)19)1-2-12(11)16-3-4-17-5-7-18-8-6-17/h1-2,9,16H,3-8H2,(H2,15,19). The van der Waals surface area contributed by atoms with Gasteiger partial charge in [0.25, 0.3) is 0 Å². The molecule has 0 saturated carbocycles. The van der Waals surface area contributed by atoms with Crippen LogP contribution in [0.15, 0.2) is 18.2 Å². The first kappa shape index (κ1) is 14.5. The molecule has 0 radical (unpaired) electrons. The van der Waals surface area contributed by atoms with E-state index in [1.165, 1.54) is 0 Å². The van der Waals surface area contributed by atoms with E-state index < -0.39 is 0 Å². The van der Waals surface area contributed by atoms with Crippen LogP contribution in [-0.4, -0.2) is 49.3 Å². The van der Waals surface area contributed by atoms with E-state index in [2.05, 4.69) is 10.2 Å². The first-order chi connectivity index (χ1) is 9.16. The second kappa shape index (κ2) is 7.05. The van der Waals surface area contributed by atoms with Gasteiger partial charge in [0.1, 0.15) is 4.99 Å². The third kappa shape index (κ3) is 4.31. The molecule has 1 heterocycles. The van der Waals surface area contributed by atoms with Crippen LogP contribution in [0.1, 0.15) is 5.56 Å². The van der Waals surface area contributed by atoms with Crippen LogP contribution in [0.3, 0.4) is 0 Å². The zero-order valence-electron chi connectivity index (χ0n) is 10.7. The summed E-state index contributed by atoms with van der Waals surface area (Å²) >= 11 is 11.1. The molecule has 0 spiro atoms.